The Balaban J connectivity index is 1.64. The van der Waals surface area contributed by atoms with Crippen LogP contribution >= 0.6 is 0 Å². The van der Waals surface area contributed by atoms with E-state index < -0.39 is 0 Å². The largest absolute Gasteiger partial charge is 0.0616 e. The molecule has 0 aliphatic rings. The molecule has 6 aromatic carbocycles. The summed E-state index contributed by atoms with van der Waals surface area (Å²) < 4.78 is 0. The van der Waals surface area contributed by atoms with Gasteiger partial charge in [0.05, 0.1) is 0 Å². The molecule has 0 heterocycles. The quantitative estimate of drug-likeness (QED) is 0.284. The van der Waals surface area contributed by atoms with Crippen LogP contribution in [0.15, 0.2) is 115 Å². The van der Waals surface area contributed by atoms with E-state index in [1.54, 1.807) is 0 Å². The zero-order chi connectivity index (χ0) is 19.9. The molecule has 0 fully saturated rings. The van der Waals surface area contributed by atoms with Gasteiger partial charge in [0, 0.05) is 0 Å². The van der Waals surface area contributed by atoms with Gasteiger partial charge in [0.1, 0.15) is 0 Å². The van der Waals surface area contributed by atoms with Crippen molar-refractivity contribution in [1.82, 2.24) is 0 Å². The molecule has 0 aliphatic heterocycles. The number of hydrogen-bond donors (Lipinski definition) is 0. The molecule has 0 nitrogen and oxygen atoms in total. The Morgan fingerprint density at radius 1 is 0.400 bits per heavy atom. The van der Waals surface area contributed by atoms with Crippen LogP contribution in [0.5, 0.6) is 0 Å². The molecule has 0 unspecified atom stereocenters. The van der Waals surface area contributed by atoms with E-state index in [1.807, 2.05) is 0 Å². The maximum atomic E-state index is 3.72. The molecule has 6 aromatic rings. The van der Waals surface area contributed by atoms with Crippen LogP contribution in [0.3, 0.4) is 0 Å². The van der Waals surface area contributed by atoms with Crippen molar-refractivity contribution < 1.29 is 0 Å². The fourth-order valence-corrected chi connectivity index (χ4v) is 4.32. The molecule has 0 saturated heterocycles. The van der Waals surface area contributed by atoms with Gasteiger partial charge in [-0.3, -0.25) is 0 Å². The summed E-state index contributed by atoms with van der Waals surface area (Å²) in [5, 5.41) is 7.39. The third-order valence-corrected chi connectivity index (χ3v) is 5.89. The van der Waals surface area contributed by atoms with Crippen molar-refractivity contribution in [3.05, 3.63) is 121 Å². The van der Waals surface area contributed by atoms with Crippen LogP contribution in [-0.2, 0) is 0 Å². The van der Waals surface area contributed by atoms with Crippen molar-refractivity contribution in [3.8, 4) is 22.3 Å². The summed E-state index contributed by atoms with van der Waals surface area (Å²) in [6.45, 7) is 0. The first-order valence-corrected chi connectivity index (χ1v) is 10.3. The third-order valence-electron chi connectivity index (χ3n) is 5.89. The van der Waals surface area contributed by atoms with E-state index >= 15 is 0 Å². The minimum absolute atomic E-state index is 1.14. The lowest BCUT2D eigenvalue weighted by molar-refractivity contribution is 1.63. The molecule has 0 aliphatic carbocycles. The monoisotopic (exact) mass is 379 g/mol. The van der Waals surface area contributed by atoms with Gasteiger partial charge in [-0.15, -0.1) is 0 Å². The van der Waals surface area contributed by atoms with Crippen LogP contribution in [-0.4, -0.2) is 0 Å². The maximum Gasteiger partial charge on any atom is -0.000786 e. The van der Waals surface area contributed by atoms with E-state index in [1.165, 1.54) is 43.6 Å². The summed E-state index contributed by atoms with van der Waals surface area (Å²) >= 11 is 0. The Morgan fingerprint density at radius 2 is 0.933 bits per heavy atom. The Labute approximate surface area is 176 Å². The zero-order valence-corrected chi connectivity index (χ0v) is 16.5. The maximum absolute atomic E-state index is 3.72. The average molecular weight is 379 g/mol. The van der Waals surface area contributed by atoms with Crippen LogP contribution < -0.4 is 0 Å². The van der Waals surface area contributed by atoms with Crippen molar-refractivity contribution in [2.75, 3.05) is 0 Å². The number of hydrogen-bond acceptors (Lipinski definition) is 0. The van der Waals surface area contributed by atoms with Crippen molar-refractivity contribution in [2.24, 2.45) is 0 Å². The summed E-state index contributed by atoms with van der Waals surface area (Å²) in [7, 11) is 0. The minimum Gasteiger partial charge on any atom is -0.0616 e. The lowest BCUT2D eigenvalue weighted by atomic mass is 9.90. The summed E-state index contributed by atoms with van der Waals surface area (Å²) in [5.74, 6) is 0. The molecule has 30 heavy (non-hydrogen) atoms. The van der Waals surface area contributed by atoms with Gasteiger partial charge in [-0.05, 0) is 78.8 Å². The Bertz CT molecular complexity index is 1420. The predicted molar refractivity (Wildman–Crippen MR) is 129 cm³/mol. The fourth-order valence-electron chi connectivity index (χ4n) is 4.32. The highest BCUT2D eigenvalue weighted by atomic mass is 14.1. The summed E-state index contributed by atoms with van der Waals surface area (Å²) in [4.78, 5) is 0. The molecule has 0 amide bonds. The highest BCUT2D eigenvalue weighted by Crippen LogP contribution is 2.37. The number of rotatable bonds is 2. The van der Waals surface area contributed by atoms with E-state index in [0.717, 1.165) is 10.9 Å². The highest BCUT2D eigenvalue weighted by Gasteiger charge is 2.11. The smallest absolute Gasteiger partial charge is 0.000786 e. The summed E-state index contributed by atoms with van der Waals surface area (Å²) in [6.07, 6.45) is 0. The molecular formula is C30H19. The predicted octanol–water partition coefficient (Wildman–Crippen LogP) is 8.28. The van der Waals surface area contributed by atoms with Crippen molar-refractivity contribution in [1.29, 1.82) is 0 Å². The molecule has 0 spiro atoms. The standard InChI is InChI=1S/C30H19/c1-3-9-23-17-27(15-13-21(23)7-1)29-19-25-11-5-6-12-26(25)20-30(29)28-16-14-22-8-2-4-10-24(22)18-28/h1-19H. The van der Waals surface area contributed by atoms with Crippen LogP contribution in [0.4, 0.5) is 0 Å². The van der Waals surface area contributed by atoms with Crippen LogP contribution in [0.1, 0.15) is 0 Å². The molecule has 1 radical (unpaired) electrons. The molecular weight excluding hydrogens is 360 g/mol. The number of benzene rings is 6. The number of fused-ring (bicyclic) bond motifs is 3. The fraction of sp³-hybridized carbons (Fsp3) is 0. The van der Waals surface area contributed by atoms with E-state index in [0.29, 0.717) is 0 Å². The van der Waals surface area contributed by atoms with E-state index in [2.05, 4.69) is 121 Å². The second kappa shape index (κ2) is 6.86. The van der Waals surface area contributed by atoms with Gasteiger partial charge in [-0.1, -0.05) is 97.1 Å². The van der Waals surface area contributed by atoms with Gasteiger partial charge in [-0.2, -0.15) is 0 Å². The molecule has 0 N–H and O–H groups in total. The Kier molecular flexibility index (Phi) is 3.89. The SMILES string of the molecule is [c]1c(-c2ccc3ccccc3c2)c(-c2ccc3ccccc3c2)cc2ccccc12. The minimum atomic E-state index is 1.14. The first-order valence-electron chi connectivity index (χ1n) is 10.3. The molecule has 0 saturated carbocycles. The van der Waals surface area contributed by atoms with Crippen LogP contribution in [0, 0.1) is 6.07 Å². The molecule has 0 aromatic heterocycles. The zero-order valence-electron chi connectivity index (χ0n) is 16.5. The van der Waals surface area contributed by atoms with Crippen molar-refractivity contribution in [3.63, 3.8) is 0 Å². The highest BCUT2D eigenvalue weighted by molar-refractivity contribution is 5.99. The van der Waals surface area contributed by atoms with E-state index in [4.69, 9.17) is 0 Å². The van der Waals surface area contributed by atoms with Gasteiger partial charge in [0.25, 0.3) is 0 Å². The topological polar surface area (TPSA) is 0 Å². The van der Waals surface area contributed by atoms with Gasteiger partial charge < -0.3 is 0 Å². The molecule has 0 heteroatoms. The summed E-state index contributed by atoms with van der Waals surface area (Å²) in [6, 6.07) is 45.0. The molecule has 0 bridgehead atoms. The lowest BCUT2D eigenvalue weighted by Crippen LogP contribution is -1.88. The average Bonchev–Trinajstić information content (AvgIpc) is 2.82. The lowest BCUT2D eigenvalue weighted by Gasteiger charge is -2.14. The van der Waals surface area contributed by atoms with Gasteiger partial charge in [0.2, 0.25) is 0 Å². The first-order chi connectivity index (χ1) is 14.8. The third kappa shape index (κ3) is 2.86. The van der Waals surface area contributed by atoms with Crippen LogP contribution in [0.2, 0.25) is 0 Å². The van der Waals surface area contributed by atoms with Gasteiger partial charge >= 0.3 is 0 Å². The van der Waals surface area contributed by atoms with E-state index in [-0.39, 0.29) is 0 Å². The van der Waals surface area contributed by atoms with Crippen molar-refractivity contribution in [2.45, 2.75) is 0 Å². The molecule has 139 valence electrons. The van der Waals surface area contributed by atoms with Gasteiger partial charge in [-0.25, -0.2) is 0 Å². The Hall–Kier alpha value is -3.90. The van der Waals surface area contributed by atoms with Gasteiger partial charge in [0.15, 0.2) is 0 Å². The molecule has 0 atom stereocenters. The van der Waals surface area contributed by atoms with Crippen molar-refractivity contribution >= 4 is 32.3 Å². The second-order valence-corrected chi connectivity index (χ2v) is 7.77. The normalized spacial score (nSPS) is 11.3. The second-order valence-electron chi connectivity index (χ2n) is 7.77. The Morgan fingerprint density at radius 3 is 1.63 bits per heavy atom. The van der Waals surface area contributed by atoms with E-state index in [9.17, 15) is 0 Å². The first kappa shape index (κ1) is 17.0. The summed E-state index contributed by atoms with van der Waals surface area (Å²) in [5.41, 5.74) is 4.78. The van der Waals surface area contributed by atoms with Crippen LogP contribution in [0.25, 0.3) is 54.6 Å². The molecule has 6 rings (SSSR count).